The minimum Gasteiger partial charge on any atom is -0.352 e. The molecular weight excluding hydrogens is 366 g/mol. The molecule has 1 saturated heterocycles. The molecular formula is C22H25N5S. The second kappa shape index (κ2) is 8.10. The Kier molecular flexibility index (Phi) is 5.39. The standard InChI is InChI=1S/C22H25N5S/c1-3-4-13-27-21(20(25-22(27)28)17-8-5-6-12-23-17)18-9-7-14-26(18)19-11-10-16(2)15-24-19/h5-12,14-15,20-21H,3-4,13H2,1-2H3,(H,25,28)/t20-,21-/m0/s1. The smallest absolute Gasteiger partial charge is 0.170 e. The predicted molar refractivity (Wildman–Crippen MR) is 115 cm³/mol. The van der Waals surface area contributed by atoms with Crippen LogP contribution in [0.1, 0.15) is 48.8 Å². The van der Waals surface area contributed by atoms with Crippen LogP contribution in [0.3, 0.4) is 0 Å². The SMILES string of the molecule is CCCCN1C(=S)N[C@@H](c2ccccn2)[C@@H]1c1cccn1-c1ccc(C)cn1. The van der Waals surface area contributed by atoms with Crippen LogP contribution in [-0.2, 0) is 0 Å². The second-order valence-electron chi connectivity index (χ2n) is 7.17. The van der Waals surface area contributed by atoms with Crippen molar-refractivity contribution in [3.63, 3.8) is 0 Å². The van der Waals surface area contributed by atoms with Gasteiger partial charge in [-0.2, -0.15) is 0 Å². The first-order valence-electron chi connectivity index (χ1n) is 9.77. The quantitative estimate of drug-likeness (QED) is 0.633. The molecule has 0 amide bonds. The van der Waals surface area contributed by atoms with Gasteiger partial charge in [-0.05, 0) is 61.5 Å². The Hall–Kier alpha value is -2.73. The molecule has 1 aliphatic heterocycles. The lowest BCUT2D eigenvalue weighted by Gasteiger charge is -2.28. The van der Waals surface area contributed by atoms with Crippen LogP contribution in [0.25, 0.3) is 5.82 Å². The lowest BCUT2D eigenvalue weighted by molar-refractivity contribution is 0.304. The van der Waals surface area contributed by atoms with Gasteiger partial charge in [0.1, 0.15) is 5.82 Å². The predicted octanol–water partition coefficient (Wildman–Crippen LogP) is 4.35. The van der Waals surface area contributed by atoms with Crippen molar-refractivity contribution in [3.8, 4) is 5.82 Å². The van der Waals surface area contributed by atoms with Crippen molar-refractivity contribution in [2.24, 2.45) is 0 Å². The maximum atomic E-state index is 5.72. The monoisotopic (exact) mass is 391 g/mol. The fourth-order valence-corrected chi connectivity index (χ4v) is 4.07. The van der Waals surface area contributed by atoms with Crippen LogP contribution in [0.5, 0.6) is 0 Å². The van der Waals surface area contributed by atoms with Crippen LogP contribution in [0, 0.1) is 6.92 Å². The number of rotatable bonds is 6. The third kappa shape index (κ3) is 3.52. The fourth-order valence-electron chi connectivity index (χ4n) is 3.74. The number of nitrogens with zero attached hydrogens (tertiary/aromatic N) is 4. The Morgan fingerprint density at radius 2 is 2.00 bits per heavy atom. The van der Waals surface area contributed by atoms with Gasteiger partial charge < -0.3 is 14.8 Å². The van der Waals surface area contributed by atoms with Crippen LogP contribution in [0.15, 0.2) is 61.1 Å². The molecule has 0 saturated carbocycles. The molecule has 4 heterocycles. The van der Waals surface area contributed by atoms with Crippen LogP contribution < -0.4 is 5.32 Å². The molecule has 0 radical (unpaired) electrons. The van der Waals surface area contributed by atoms with E-state index >= 15 is 0 Å². The third-order valence-corrected chi connectivity index (χ3v) is 5.53. The summed E-state index contributed by atoms with van der Waals surface area (Å²) in [6.45, 7) is 5.18. The van der Waals surface area contributed by atoms with E-state index in [1.165, 1.54) is 0 Å². The molecule has 0 unspecified atom stereocenters. The van der Waals surface area contributed by atoms with Crippen molar-refractivity contribution in [3.05, 3.63) is 78.0 Å². The number of pyridine rings is 2. The molecule has 0 aromatic carbocycles. The van der Waals surface area contributed by atoms with Crippen LogP contribution in [0.4, 0.5) is 0 Å². The summed E-state index contributed by atoms with van der Waals surface area (Å²) in [5.74, 6) is 0.915. The molecule has 1 aliphatic rings. The summed E-state index contributed by atoms with van der Waals surface area (Å²) in [6, 6.07) is 14.5. The number of thiocarbonyl (C=S) groups is 1. The number of hydrogen-bond acceptors (Lipinski definition) is 3. The van der Waals surface area contributed by atoms with Crippen molar-refractivity contribution < 1.29 is 0 Å². The zero-order valence-corrected chi connectivity index (χ0v) is 17.1. The van der Waals surface area contributed by atoms with E-state index in [4.69, 9.17) is 12.2 Å². The molecule has 0 spiro atoms. The normalized spacial score (nSPS) is 19.1. The van der Waals surface area contributed by atoms with Gasteiger partial charge in [0.25, 0.3) is 0 Å². The highest BCUT2D eigenvalue weighted by atomic mass is 32.1. The molecule has 0 bridgehead atoms. The van der Waals surface area contributed by atoms with Crippen molar-refractivity contribution in [1.82, 2.24) is 24.8 Å². The zero-order chi connectivity index (χ0) is 19.5. The third-order valence-electron chi connectivity index (χ3n) is 5.18. The summed E-state index contributed by atoms with van der Waals surface area (Å²) in [4.78, 5) is 11.5. The summed E-state index contributed by atoms with van der Waals surface area (Å²) in [5, 5.41) is 4.31. The van der Waals surface area contributed by atoms with Gasteiger partial charge >= 0.3 is 0 Å². The Bertz CT molecular complexity index is 935. The highest BCUT2D eigenvalue weighted by Crippen LogP contribution is 2.39. The molecule has 6 heteroatoms. The van der Waals surface area contributed by atoms with E-state index in [0.717, 1.165) is 47.3 Å². The van der Waals surface area contributed by atoms with E-state index in [1.807, 2.05) is 24.5 Å². The minimum atomic E-state index is 0.00431. The van der Waals surface area contributed by atoms with Gasteiger partial charge in [-0.1, -0.05) is 25.5 Å². The van der Waals surface area contributed by atoms with Crippen molar-refractivity contribution in [1.29, 1.82) is 0 Å². The van der Waals surface area contributed by atoms with Gasteiger partial charge in [-0.15, -0.1) is 0 Å². The number of unbranched alkanes of at least 4 members (excludes halogenated alkanes) is 1. The number of aryl methyl sites for hydroxylation is 1. The lowest BCUT2D eigenvalue weighted by Crippen LogP contribution is -2.31. The molecule has 3 aromatic rings. The van der Waals surface area contributed by atoms with Crippen molar-refractivity contribution in [2.75, 3.05) is 6.54 Å². The van der Waals surface area contributed by atoms with E-state index in [-0.39, 0.29) is 12.1 Å². The molecule has 1 N–H and O–H groups in total. The molecule has 28 heavy (non-hydrogen) atoms. The summed E-state index contributed by atoms with van der Waals surface area (Å²) >= 11 is 5.72. The Labute approximate surface area is 171 Å². The maximum absolute atomic E-state index is 5.72. The molecule has 3 aromatic heterocycles. The van der Waals surface area contributed by atoms with Gasteiger partial charge in [0, 0.05) is 30.8 Å². The van der Waals surface area contributed by atoms with Crippen LogP contribution in [0.2, 0.25) is 0 Å². The molecule has 0 aliphatic carbocycles. The lowest BCUT2D eigenvalue weighted by atomic mass is 10.0. The van der Waals surface area contributed by atoms with Gasteiger partial charge in [-0.25, -0.2) is 4.98 Å². The largest absolute Gasteiger partial charge is 0.352 e. The van der Waals surface area contributed by atoms with Gasteiger partial charge in [0.2, 0.25) is 0 Å². The summed E-state index contributed by atoms with van der Waals surface area (Å²) in [7, 11) is 0. The topological polar surface area (TPSA) is 46.0 Å². The molecule has 144 valence electrons. The first kappa shape index (κ1) is 18.6. The van der Waals surface area contributed by atoms with Crippen LogP contribution >= 0.6 is 12.2 Å². The molecule has 2 atom stereocenters. The zero-order valence-electron chi connectivity index (χ0n) is 16.2. The van der Waals surface area contributed by atoms with E-state index in [1.54, 1.807) is 0 Å². The number of nitrogens with one attached hydrogen (secondary N) is 1. The van der Waals surface area contributed by atoms with E-state index in [2.05, 4.69) is 75.1 Å². The Balaban J connectivity index is 1.78. The average Bonchev–Trinajstić information content (AvgIpc) is 3.32. The van der Waals surface area contributed by atoms with Crippen molar-refractivity contribution in [2.45, 2.75) is 38.8 Å². The van der Waals surface area contributed by atoms with Crippen LogP contribution in [-0.4, -0.2) is 31.1 Å². The van der Waals surface area contributed by atoms with Crippen molar-refractivity contribution >= 4 is 17.3 Å². The Morgan fingerprint density at radius 3 is 2.71 bits per heavy atom. The molecule has 5 nitrogen and oxygen atoms in total. The number of hydrogen-bond donors (Lipinski definition) is 1. The second-order valence-corrected chi connectivity index (χ2v) is 7.56. The first-order chi connectivity index (χ1) is 13.7. The van der Waals surface area contributed by atoms with E-state index in [9.17, 15) is 0 Å². The van der Waals surface area contributed by atoms with Gasteiger partial charge in [0.15, 0.2) is 5.11 Å². The average molecular weight is 392 g/mol. The number of aromatic nitrogens is 3. The molecule has 4 rings (SSSR count). The van der Waals surface area contributed by atoms with Gasteiger partial charge in [0.05, 0.1) is 17.8 Å². The fraction of sp³-hybridized carbons (Fsp3) is 0.318. The minimum absolute atomic E-state index is 0.00431. The summed E-state index contributed by atoms with van der Waals surface area (Å²) in [6.07, 6.45) is 8.04. The summed E-state index contributed by atoms with van der Waals surface area (Å²) in [5.41, 5.74) is 3.31. The van der Waals surface area contributed by atoms with E-state index < -0.39 is 0 Å². The highest BCUT2D eigenvalue weighted by Gasteiger charge is 2.40. The molecule has 1 fully saturated rings. The first-order valence-corrected chi connectivity index (χ1v) is 10.2. The van der Waals surface area contributed by atoms with Gasteiger partial charge in [-0.3, -0.25) is 4.98 Å². The maximum Gasteiger partial charge on any atom is 0.170 e. The van der Waals surface area contributed by atoms with E-state index in [0.29, 0.717) is 0 Å². The summed E-state index contributed by atoms with van der Waals surface area (Å²) < 4.78 is 2.16. The highest BCUT2D eigenvalue weighted by molar-refractivity contribution is 7.80. The Morgan fingerprint density at radius 1 is 1.11 bits per heavy atom.